The average Bonchev–Trinajstić information content (AvgIpc) is 2.89. The number of methoxy groups -OCH3 is 2. The van der Waals surface area contributed by atoms with Gasteiger partial charge in [-0.2, -0.15) is 0 Å². The van der Waals surface area contributed by atoms with E-state index in [1.54, 1.807) is 44.7 Å². The van der Waals surface area contributed by atoms with E-state index in [1.807, 2.05) is 32.0 Å². The number of amides is 1. The first-order valence-electron chi connectivity index (χ1n) is 11.5. The third kappa shape index (κ3) is 6.19. The zero-order valence-corrected chi connectivity index (χ0v) is 21.0. The fourth-order valence-electron chi connectivity index (χ4n) is 3.69. The molecule has 0 unspecified atom stereocenters. The van der Waals surface area contributed by atoms with E-state index in [2.05, 4.69) is 10.3 Å². The smallest absolute Gasteiger partial charge is 0.411 e. The number of hydrogen-bond donors (Lipinski definition) is 1. The highest BCUT2D eigenvalue weighted by molar-refractivity contribution is 5.89. The van der Waals surface area contributed by atoms with Gasteiger partial charge >= 0.3 is 6.09 Å². The average molecular weight is 507 g/mol. The Balaban J connectivity index is 1.42. The van der Waals surface area contributed by atoms with Crippen LogP contribution in [0.5, 0.6) is 28.7 Å². The largest absolute Gasteiger partial charge is 0.493 e. The van der Waals surface area contributed by atoms with Gasteiger partial charge in [-0.3, -0.25) is 10.3 Å². The van der Waals surface area contributed by atoms with Crippen LogP contribution in [0.15, 0.2) is 60.8 Å². The molecule has 0 saturated heterocycles. The summed E-state index contributed by atoms with van der Waals surface area (Å²) in [5.74, 6) is 2.35. The zero-order chi connectivity index (χ0) is 26.4. The third-order valence-electron chi connectivity index (χ3n) is 5.57. The minimum atomic E-state index is -0.625. The van der Waals surface area contributed by atoms with Crippen molar-refractivity contribution in [1.29, 1.82) is 0 Å². The van der Waals surface area contributed by atoms with Crippen LogP contribution in [0.3, 0.4) is 0 Å². The Bertz CT molecular complexity index is 1430. The number of ether oxygens (including phenoxy) is 5. The van der Waals surface area contributed by atoms with Gasteiger partial charge in [0, 0.05) is 29.4 Å². The molecule has 4 rings (SSSR count). The van der Waals surface area contributed by atoms with E-state index in [0.29, 0.717) is 40.0 Å². The summed E-state index contributed by atoms with van der Waals surface area (Å²) in [4.78, 5) is 16.7. The summed E-state index contributed by atoms with van der Waals surface area (Å²) in [5, 5.41) is 3.50. The number of nitrogens with one attached hydrogen (secondary N) is 1. The van der Waals surface area contributed by atoms with Crippen molar-refractivity contribution in [2.45, 2.75) is 13.8 Å². The molecule has 37 heavy (non-hydrogen) atoms. The molecule has 0 fully saturated rings. The van der Waals surface area contributed by atoms with Gasteiger partial charge in [0.15, 0.2) is 11.5 Å². The number of benzene rings is 3. The molecule has 8 nitrogen and oxygen atoms in total. The fraction of sp³-hybridized carbons (Fsp3) is 0.214. The third-order valence-corrected chi connectivity index (χ3v) is 5.57. The SMILES string of the molecule is COc1cc2nccc(Oc3cc(C)c(NC(=O)OCCOc4cccc(F)c4)cc3C)c2cc1OC. The van der Waals surface area contributed by atoms with Crippen LogP contribution in [-0.4, -0.2) is 38.5 Å². The number of rotatable bonds is 9. The van der Waals surface area contributed by atoms with Crippen LogP contribution in [0.1, 0.15) is 11.1 Å². The van der Waals surface area contributed by atoms with Crippen molar-refractivity contribution in [3.63, 3.8) is 0 Å². The van der Waals surface area contributed by atoms with Gasteiger partial charge in [-0.1, -0.05) is 6.07 Å². The fourth-order valence-corrected chi connectivity index (χ4v) is 3.69. The number of pyridine rings is 1. The number of fused-ring (bicyclic) bond motifs is 1. The monoisotopic (exact) mass is 506 g/mol. The lowest BCUT2D eigenvalue weighted by atomic mass is 10.1. The Labute approximate surface area is 213 Å². The van der Waals surface area contributed by atoms with Crippen LogP contribution in [0.4, 0.5) is 14.9 Å². The van der Waals surface area contributed by atoms with Crippen LogP contribution in [0.2, 0.25) is 0 Å². The number of aryl methyl sites for hydroxylation is 2. The van der Waals surface area contributed by atoms with E-state index in [9.17, 15) is 9.18 Å². The van der Waals surface area contributed by atoms with E-state index in [0.717, 1.165) is 16.5 Å². The van der Waals surface area contributed by atoms with Crippen molar-refractivity contribution in [2.75, 3.05) is 32.8 Å². The van der Waals surface area contributed by atoms with Gasteiger partial charge in [-0.05, 0) is 61.4 Å². The molecule has 0 atom stereocenters. The molecule has 1 N–H and O–H groups in total. The highest BCUT2D eigenvalue weighted by Crippen LogP contribution is 2.38. The van der Waals surface area contributed by atoms with Crippen LogP contribution in [-0.2, 0) is 4.74 Å². The number of carbonyl (C=O) groups excluding carboxylic acids is 1. The molecule has 0 aliphatic heterocycles. The van der Waals surface area contributed by atoms with Crippen molar-refractivity contribution in [2.24, 2.45) is 0 Å². The molecule has 0 bridgehead atoms. The van der Waals surface area contributed by atoms with Gasteiger partial charge in [0.05, 0.1) is 19.7 Å². The van der Waals surface area contributed by atoms with Gasteiger partial charge in [-0.15, -0.1) is 0 Å². The maximum absolute atomic E-state index is 13.2. The van der Waals surface area contributed by atoms with E-state index in [1.165, 1.54) is 12.1 Å². The van der Waals surface area contributed by atoms with E-state index in [4.69, 9.17) is 23.7 Å². The Hall–Kier alpha value is -4.53. The molecular weight excluding hydrogens is 479 g/mol. The maximum Gasteiger partial charge on any atom is 0.411 e. The highest BCUT2D eigenvalue weighted by Gasteiger charge is 2.14. The van der Waals surface area contributed by atoms with E-state index in [-0.39, 0.29) is 13.2 Å². The van der Waals surface area contributed by atoms with E-state index >= 15 is 0 Å². The molecule has 4 aromatic rings. The van der Waals surface area contributed by atoms with Gasteiger partial charge in [-0.25, -0.2) is 9.18 Å². The lowest BCUT2D eigenvalue weighted by Crippen LogP contribution is -2.18. The number of aromatic nitrogens is 1. The first-order chi connectivity index (χ1) is 17.9. The van der Waals surface area contributed by atoms with Crippen LogP contribution >= 0.6 is 0 Å². The number of hydrogen-bond acceptors (Lipinski definition) is 7. The molecule has 192 valence electrons. The Morgan fingerprint density at radius 1 is 0.892 bits per heavy atom. The first kappa shape index (κ1) is 25.6. The standard InChI is InChI=1S/C28H27FN2O6/c1-17-13-25(37-24-8-9-30-23-16-27(34-4)26(33-3)15-21(23)24)18(2)12-22(17)31-28(32)36-11-10-35-20-7-5-6-19(29)14-20/h5-9,12-16H,10-11H2,1-4H3,(H,31,32). The molecule has 1 aromatic heterocycles. The summed E-state index contributed by atoms with van der Waals surface area (Å²) < 4.78 is 40.8. The van der Waals surface area contributed by atoms with Crippen LogP contribution in [0, 0.1) is 19.7 Å². The second-order valence-corrected chi connectivity index (χ2v) is 8.13. The van der Waals surface area contributed by atoms with Crippen LogP contribution in [0.25, 0.3) is 10.9 Å². The van der Waals surface area contributed by atoms with Gasteiger partial charge < -0.3 is 23.7 Å². The zero-order valence-electron chi connectivity index (χ0n) is 21.0. The minimum Gasteiger partial charge on any atom is -0.493 e. The van der Waals surface area contributed by atoms with Crippen LogP contribution < -0.4 is 24.3 Å². The van der Waals surface area contributed by atoms with Gasteiger partial charge in [0.1, 0.15) is 36.3 Å². The Morgan fingerprint density at radius 3 is 2.43 bits per heavy atom. The number of nitrogens with zero attached hydrogens (tertiary/aromatic N) is 1. The van der Waals surface area contributed by atoms with Crippen molar-refractivity contribution in [3.8, 4) is 28.7 Å². The summed E-state index contributed by atoms with van der Waals surface area (Å²) in [6.45, 7) is 3.84. The van der Waals surface area contributed by atoms with Crippen molar-refractivity contribution < 1.29 is 32.9 Å². The lowest BCUT2D eigenvalue weighted by molar-refractivity contribution is 0.137. The summed E-state index contributed by atoms with van der Waals surface area (Å²) in [6.07, 6.45) is 1.04. The quantitative estimate of drug-likeness (QED) is 0.262. The Morgan fingerprint density at radius 2 is 1.68 bits per heavy atom. The Kier molecular flexibility index (Phi) is 7.92. The molecule has 1 amide bonds. The second-order valence-electron chi connectivity index (χ2n) is 8.13. The van der Waals surface area contributed by atoms with Crippen molar-refractivity contribution in [1.82, 2.24) is 4.98 Å². The number of carbonyl (C=O) groups is 1. The lowest BCUT2D eigenvalue weighted by Gasteiger charge is -2.16. The summed E-state index contributed by atoms with van der Waals surface area (Å²) in [6, 6.07) is 14.8. The molecule has 3 aromatic carbocycles. The number of anilines is 1. The van der Waals surface area contributed by atoms with Crippen molar-refractivity contribution >= 4 is 22.7 Å². The molecule has 0 aliphatic carbocycles. The minimum absolute atomic E-state index is 0.00490. The molecular formula is C28H27FN2O6. The topological polar surface area (TPSA) is 88.1 Å². The predicted octanol–water partition coefficient (Wildman–Crippen LogP) is 6.43. The molecule has 1 heterocycles. The molecule has 0 radical (unpaired) electrons. The normalized spacial score (nSPS) is 10.6. The maximum atomic E-state index is 13.2. The molecule has 0 saturated carbocycles. The second kappa shape index (κ2) is 11.5. The molecule has 0 aliphatic rings. The summed E-state index contributed by atoms with van der Waals surface area (Å²) in [7, 11) is 3.14. The van der Waals surface area contributed by atoms with Crippen molar-refractivity contribution in [3.05, 3.63) is 77.7 Å². The highest BCUT2D eigenvalue weighted by atomic mass is 19.1. The van der Waals surface area contributed by atoms with Gasteiger partial charge in [0.25, 0.3) is 0 Å². The summed E-state index contributed by atoms with van der Waals surface area (Å²) >= 11 is 0. The van der Waals surface area contributed by atoms with Gasteiger partial charge in [0.2, 0.25) is 0 Å². The summed E-state index contributed by atoms with van der Waals surface area (Å²) in [5.41, 5.74) is 2.88. The first-order valence-corrected chi connectivity index (χ1v) is 11.5. The predicted molar refractivity (Wildman–Crippen MR) is 138 cm³/mol. The number of halogens is 1. The van der Waals surface area contributed by atoms with E-state index < -0.39 is 11.9 Å². The molecule has 0 spiro atoms. The molecule has 9 heteroatoms.